The minimum Gasteiger partial charge on any atom is -0.399 e. The van der Waals surface area contributed by atoms with E-state index in [4.69, 9.17) is 5.73 Å². The second kappa shape index (κ2) is 4.72. The maximum Gasteiger partial charge on any atom is 0.197 e. The highest BCUT2D eigenvalue weighted by Gasteiger charge is 2.23. The van der Waals surface area contributed by atoms with E-state index in [2.05, 4.69) is 9.97 Å². The van der Waals surface area contributed by atoms with Crippen molar-refractivity contribution in [3.63, 3.8) is 0 Å². The van der Waals surface area contributed by atoms with Gasteiger partial charge in [0.1, 0.15) is 0 Å². The molecular formula is C13H17N3OS. The molecule has 1 heterocycles. The van der Waals surface area contributed by atoms with Gasteiger partial charge in [-0.25, -0.2) is 4.98 Å². The van der Waals surface area contributed by atoms with Gasteiger partial charge < -0.3 is 10.7 Å². The Hall–Kier alpha value is -1.36. The van der Waals surface area contributed by atoms with Crippen LogP contribution in [0.4, 0.5) is 5.69 Å². The van der Waals surface area contributed by atoms with E-state index in [1.807, 2.05) is 18.2 Å². The molecule has 96 valence electrons. The molecule has 1 unspecified atom stereocenters. The van der Waals surface area contributed by atoms with Crippen molar-refractivity contribution in [2.45, 2.75) is 42.5 Å². The van der Waals surface area contributed by atoms with Crippen molar-refractivity contribution in [1.82, 2.24) is 9.97 Å². The van der Waals surface area contributed by atoms with Gasteiger partial charge >= 0.3 is 0 Å². The summed E-state index contributed by atoms with van der Waals surface area (Å²) in [5.74, 6) is 0. The van der Waals surface area contributed by atoms with Crippen LogP contribution >= 0.6 is 0 Å². The molecule has 1 fully saturated rings. The SMILES string of the molecule is Nc1ccc2nc(S(=O)C3CCCCC3)[nH]c2c1. The zero-order valence-corrected chi connectivity index (χ0v) is 11.0. The lowest BCUT2D eigenvalue weighted by Crippen LogP contribution is -2.19. The van der Waals surface area contributed by atoms with E-state index < -0.39 is 10.8 Å². The third kappa shape index (κ3) is 2.14. The molecule has 5 heteroatoms. The summed E-state index contributed by atoms with van der Waals surface area (Å²) in [6.45, 7) is 0. The molecule has 1 aromatic carbocycles. The fourth-order valence-corrected chi connectivity index (χ4v) is 4.01. The van der Waals surface area contributed by atoms with Crippen molar-refractivity contribution in [3.05, 3.63) is 18.2 Å². The van der Waals surface area contributed by atoms with Gasteiger partial charge in [-0.15, -0.1) is 0 Å². The Morgan fingerprint density at radius 1 is 1.28 bits per heavy atom. The van der Waals surface area contributed by atoms with E-state index >= 15 is 0 Å². The van der Waals surface area contributed by atoms with Crippen LogP contribution in [0.25, 0.3) is 11.0 Å². The summed E-state index contributed by atoms with van der Waals surface area (Å²) in [5.41, 5.74) is 8.13. The first-order chi connectivity index (χ1) is 8.74. The molecule has 1 atom stereocenters. The van der Waals surface area contributed by atoms with Crippen LogP contribution in [0, 0.1) is 0 Å². The molecule has 0 saturated heterocycles. The van der Waals surface area contributed by atoms with Gasteiger partial charge in [0.25, 0.3) is 0 Å². The Kier molecular flexibility index (Phi) is 3.07. The first-order valence-electron chi connectivity index (χ1n) is 6.40. The van der Waals surface area contributed by atoms with E-state index in [1.54, 1.807) is 0 Å². The second-order valence-electron chi connectivity index (χ2n) is 4.88. The number of hydrogen-bond acceptors (Lipinski definition) is 3. The van der Waals surface area contributed by atoms with Crippen molar-refractivity contribution in [2.24, 2.45) is 0 Å². The number of nitrogen functional groups attached to an aromatic ring is 1. The molecule has 1 saturated carbocycles. The van der Waals surface area contributed by atoms with E-state index in [9.17, 15) is 4.21 Å². The Morgan fingerprint density at radius 3 is 2.83 bits per heavy atom. The number of H-pyrrole nitrogens is 1. The normalized spacial score (nSPS) is 19.1. The molecule has 0 amide bonds. The van der Waals surface area contributed by atoms with E-state index in [1.165, 1.54) is 19.3 Å². The highest BCUT2D eigenvalue weighted by molar-refractivity contribution is 7.85. The number of imidazole rings is 1. The Bertz CT molecular complexity index is 587. The number of benzene rings is 1. The van der Waals surface area contributed by atoms with Gasteiger partial charge in [-0.2, -0.15) is 0 Å². The van der Waals surface area contributed by atoms with Gasteiger partial charge in [-0.3, -0.25) is 4.21 Å². The molecule has 1 aliphatic rings. The zero-order valence-electron chi connectivity index (χ0n) is 10.2. The maximum atomic E-state index is 12.4. The van der Waals surface area contributed by atoms with Crippen LogP contribution in [0.5, 0.6) is 0 Å². The fraction of sp³-hybridized carbons (Fsp3) is 0.462. The largest absolute Gasteiger partial charge is 0.399 e. The Morgan fingerprint density at radius 2 is 2.06 bits per heavy atom. The molecule has 18 heavy (non-hydrogen) atoms. The summed E-state index contributed by atoms with van der Waals surface area (Å²) >= 11 is 0. The summed E-state index contributed by atoms with van der Waals surface area (Å²) in [7, 11) is -1.02. The molecule has 0 bridgehead atoms. The van der Waals surface area contributed by atoms with Crippen LogP contribution in [0.2, 0.25) is 0 Å². The highest BCUT2D eigenvalue weighted by Crippen LogP contribution is 2.26. The molecule has 2 aromatic rings. The third-order valence-corrected chi connectivity index (χ3v) is 5.18. The lowest BCUT2D eigenvalue weighted by Gasteiger charge is -2.19. The van der Waals surface area contributed by atoms with Crippen LogP contribution in [0.15, 0.2) is 23.4 Å². The molecule has 0 radical (unpaired) electrons. The second-order valence-corrected chi connectivity index (χ2v) is 6.52. The lowest BCUT2D eigenvalue weighted by atomic mass is 10.0. The van der Waals surface area contributed by atoms with Crippen molar-refractivity contribution < 1.29 is 4.21 Å². The van der Waals surface area contributed by atoms with Gasteiger partial charge in [-0.1, -0.05) is 19.3 Å². The summed E-state index contributed by atoms with van der Waals surface area (Å²) in [4.78, 5) is 7.56. The highest BCUT2D eigenvalue weighted by atomic mass is 32.2. The molecular weight excluding hydrogens is 246 g/mol. The van der Waals surface area contributed by atoms with Crippen molar-refractivity contribution >= 4 is 27.5 Å². The quantitative estimate of drug-likeness (QED) is 0.818. The van der Waals surface area contributed by atoms with Crippen molar-refractivity contribution in [2.75, 3.05) is 5.73 Å². The van der Waals surface area contributed by atoms with E-state index in [-0.39, 0.29) is 5.25 Å². The van der Waals surface area contributed by atoms with Crippen LogP contribution in [0.3, 0.4) is 0 Å². The van der Waals surface area contributed by atoms with Gasteiger partial charge in [0.15, 0.2) is 5.16 Å². The number of anilines is 1. The first kappa shape index (κ1) is 11.7. The topological polar surface area (TPSA) is 71.8 Å². The zero-order chi connectivity index (χ0) is 12.5. The number of rotatable bonds is 2. The summed E-state index contributed by atoms with van der Waals surface area (Å²) in [5, 5.41) is 0.860. The molecule has 4 nitrogen and oxygen atoms in total. The predicted octanol–water partition coefficient (Wildman–Crippen LogP) is 2.59. The first-order valence-corrected chi connectivity index (χ1v) is 7.61. The summed E-state index contributed by atoms with van der Waals surface area (Å²) < 4.78 is 12.4. The standard InChI is InChI=1S/C13H17N3OS/c14-9-6-7-11-12(8-9)16-13(15-11)18(17)10-4-2-1-3-5-10/h6-8,10H,1-5,14H2,(H,15,16). The molecule has 3 rings (SSSR count). The smallest absolute Gasteiger partial charge is 0.197 e. The molecule has 0 spiro atoms. The van der Waals surface area contributed by atoms with E-state index in [0.29, 0.717) is 10.8 Å². The average Bonchev–Trinajstić information content (AvgIpc) is 2.81. The Balaban J connectivity index is 1.91. The van der Waals surface area contributed by atoms with Crippen LogP contribution < -0.4 is 5.73 Å². The summed E-state index contributed by atoms with van der Waals surface area (Å²) in [6, 6.07) is 5.52. The van der Waals surface area contributed by atoms with E-state index in [0.717, 1.165) is 23.9 Å². The monoisotopic (exact) mass is 263 g/mol. The number of nitrogens with one attached hydrogen (secondary N) is 1. The minimum absolute atomic E-state index is 0.261. The predicted molar refractivity (Wildman–Crippen MR) is 73.8 cm³/mol. The lowest BCUT2D eigenvalue weighted by molar-refractivity contribution is 0.503. The maximum absolute atomic E-state index is 12.4. The van der Waals surface area contributed by atoms with Crippen molar-refractivity contribution in [1.29, 1.82) is 0 Å². The Labute approximate surface area is 108 Å². The molecule has 3 N–H and O–H groups in total. The van der Waals surface area contributed by atoms with Gasteiger partial charge in [0.05, 0.1) is 21.8 Å². The van der Waals surface area contributed by atoms with Crippen molar-refractivity contribution in [3.8, 4) is 0 Å². The fourth-order valence-electron chi connectivity index (χ4n) is 2.54. The number of fused-ring (bicyclic) bond motifs is 1. The number of nitrogens with two attached hydrogens (primary N) is 1. The molecule has 1 aliphatic carbocycles. The van der Waals surface area contributed by atoms with Crippen LogP contribution in [-0.2, 0) is 10.8 Å². The molecule has 0 aliphatic heterocycles. The van der Waals surface area contributed by atoms with Crippen LogP contribution in [-0.4, -0.2) is 19.4 Å². The number of aromatic nitrogens is 2. The summed E-state index contributed by atoms with van der Waals surface area (Å²) in [6.07, 6.45) is 5.73. The third-order valence-electron chi connectivity index (χ3n) is 3.53. The average molecular weight is 263 g/mol. The van der Waals surface area contributed by atoms with Gasteiger partial charge in [-0.05, 0) is 31.0 Å². The molecule has 1 aromatic heterocycles. The minimum atomic E-state index is -1.02. The number of nitrogens with zero attached hydrogens (tertiary/aromatic N) is 1. The number of aromatic amines is 1. The van der Waals surface area contributed by atoms with Crippen LogP contribution in [0.1, 0.15) is 32.1 Å². The number of hydrogen-bond donors (Lipinski definition) is 2. The van der Waals surface area contributed by atoms with Gasteiger partial charge in [0, 0.05) is 10.9 Å². The van der Waals surface area contributed by atoms with Gasteiger partial charge in [0.2, 0.25) is 0 Å².